The molecule has 108 valence electrons. The fourth-order valence-electron chi connectivity index (χ4n) is 1.75. The largest absolute Gasteiger partial charge is 0.478 e. The van der Waals surface area contributed by atoms with Gasteiger partial charge in [-0.05, 0) is 49.3 Å². The number of carboxylic acids is 1. The first-order chi connectivity index (χ1) is 9.43. The van der Waals surface area contributed by atoms with E-state index in [1.54, 1.807) is 17.8 Å². The molecule has 0 aliphatic rings. The van der Waals surface area contributed by atoms with Crippen LogP contribution in [-0.4, -0.2) is 17.3 Å². The molecule has 1 aromatic rings. The monoisotopic (exact) mass is 290 g/mol. The molecule has 0 aromatic heterocycles. The summed E-state index contributed by atoms with van der Waals surface area (Å²) < 4.78 is 0. The maximum atomic E-state index is 11.4. The van der Waals surface area contributed by atoms with E-state index in [0.29, 0.717) is 11.5 Å². The molecule has 2 nitrogen and oxygen atoms in total. The van der Waals surface area contributed by atoms with Crippen molar-refractivity contribution >= 4 is 23.3 Å². The zero-order valence-corrected chi connectivity index (χ0v) is 13.3. The molecule has 3 heteroatoms. The number of allylic oxidation sites excluding steroid dienone is 3. The Morgan fingerprint density at radius 3 is 2.35 bits per heavy atom. The van der Waals surface area contributed by atoms with E-state index in [9.17, 15) is 9.90 Å². The third-order valence-electron chi connectivity index (χ3n) is 2.91. The summed E-state index contributed by atoms with van der Waals surface area (Å²) in [5.74, 6) is -0.313. The number of rotatable bonds is 6. The van der Waals surface area contributed by atoms with Gasteiger partial charge in [0.15, 0.2) is 0 Å². The lowest BCUT2D eigenvalue weighted by Gasteiger charge is -2.05. The van der Waals surface area contributed by atoms with Crippen LogP contribution >= 0.6 is 11.8 Å². The van der Waals surface area contributed by atoms with Crippen molar-refractivity contribution in [2.75, 3.05) is 6.26 Å². The lowest BCUT2D eigenvalue weighted by molar-refractivity contribution is -0.130. The summed E-state index contributed by atoms with van der Waals surface area (Å²) in [4.78, 5) is 12.6. The van der Waals surface area contributed by atoms with Crippen LogP contribution in [-0.2, 0) is 4.79 Å². The number of hydrogen-bond donors (Lipinski definition) is 1. The molecule has 0 heterocycles. The second-order valence-corrected chi connectivity index (χ2v) is 6.05. The Balaban J connectivity index is 3.04. The van der Waals surface area contributed by atoms with E-state index in [-0.39, 0.29) is 0 Å². The van der Waals surface area contributed by atoms with Gasteiger partial charge in [0.05, 0.1) is 5.57 Å². The van der Waals surface area contributed by atoms with Crippen molar-refractivity contribution in [3.05, 3.63) is 47.6 Å². The van der Waals surface area contributed by atoms with Crippen LogP contribution in [0.2, 0.25) is 0 Å². The molecule has 0 unspecified atom stereocenters. The second kappa shape index (κ2) is 7.95. The molecular weight excluding hydrogens is 268 g/mol. The summed E-state index contributed by atoms with van der Waals surface area (Å²) in [7, 11) is 0. The molecule has 0 saturated carbocycles. The van der Waals surface area contributed by atoms with Crippen LogP contribution in [0.25, 0.3) is 5.57 Å². The molecule has 0 amide bonds. The Morgan fingerprint density at radius 1 is 1.30 bits per heavy atom. The maximum absolute atomic E-state index is 11.4. The molecule has 1 rings (SSSR count). The van der Waals surface area contributed by atoms with Crippen LogP contribution in [0.1, 0.15) is 32.8 Å². The smallest absolute Gasteiger partial charge is 0.336 e. The standard InChI is InChI=1S/C17H22O2S/c1-12(2)5-6-13(3)11-16(17(18)19)14-7-9-15(20-4)10-8-14/h6-12H,5H2,1-4H3,(H,18,19)/b13-6+,16-11+. The summed E-state index contributed by atoms with van der Waals surface area (Å²) in [5.41, 5.74) is 2.08. The summed E-state index contributed by atoms with van der Waals surface area (Å²) >= 11 is 1.64. The third kappa shape index (κ3) is 5.25. The number of benzene rings is 1. The molecule has 0 atom stereocenters. The zero-order chi connectivity index (χ0) is 15.1. The van der Waals surface area contributed by atoms with Crippen molar-refractivity contribution in [2.45, 2.75) is 32.1 Å². The van der Waals surface area contributed by atoms with Crippen molar-refractivity contribution in [3.63, 3.8) is 0 Å². The Labute approximate surface area is 125 Å². The minimum atomic E-state index is -0.890. The van der Waals surface area contributed by atoms with Gasteiger partial charge in [-0.3, -0.25) is 0 Å². The van der Waals surface area contributed by atoms with E-state index in [0.717, 1.165) is 22.5 Å². The van der Waals surface area contributed by atoms with Crippen molar-refractivity contribution in [3.8, 4) is 0 Å². The van der Waals surface area contributed by atoms with Gasteiger partial charge in [-0.25, -0.2) is 4.79 Å². The van der Waals surface area contributed by atoms with Gasteiger partial charge in [-0.1, -0.05) is 37.6 Å². The highest BCUT2D eigenvalue weighted by molar-refractivity contribution is 7.98. The highest BCUT2D eigenvalue weighted by atomic mass is 32.2. The van der Waals surface area contributed by atoms with Crippen LogP contribution < -0.4 is 0 Å². The third-order valence-corrected chi connectivity index (χ3v) is 3.66. The highest BCUT2D eigenvalue weighted by Crippen LogP contribution is 2.21. The lowest BCUT2D eigenvalue weighted by atomic mass is 10.0. The molecule has 20 heavy (non-hydrogen) atoms. The number of carbonyl (C=O) groups is 1. The van der Waals surface area contributed by atoms with E-state index in [2.05, 4.69) is 19.9 Å². The number of hydrogen-bond acceptors (Lipinski definition) is 2. The summed E-state index contributed by atoms with van der Waals surface area (Å²) in [6.07, 6.45) is 6.80. The van der Waals surface area contributed by atoms with E-state index < -0.39 is 5.97 Å². The van der Waals surface area contributed by atoms with Gasteiger partial charge in [0.2, 0.25) is 0 Å². The lowest BCUT2D eigenvalue weighted by Crippen LogP contribution is -2.00. The van der Waals surface area contributed by atoms with Crippen LogP contribution in [0, 0.1) is 5.92 Å². The van der Waals surface area contributed by atoms with Crippen molar-refractivity contribution in [1.29, 1.82) is 0 Å². The number of aliphatic carboxylic acids is 1. The summed E-state index contributed by atoms with van der Waals surface area (Å²) in [5, 5.41) is 9.38. The zero-order valence-electron chi connectivity index (χ0n) is 12.5. The first-order valence-electron chi connectivity index (χ1n) is 6.70. The molecule has 0 bridgehead atoms. The fourth-order valence-corrected chi connectivity index (χ4v) is 2.16. The Kier molecular flexibility index (Phi) is 6.59. The van der Waals surface area contributed by atoms with E-state index in [1.165, 1.54) is 0 Å². The van der Waals surface area contributed by atoms with Gasteiger partial charge < -0.3 is 5.11 Å². The fraction of sp³-hybridized carbons (Fsp3) is 0.353. The van der Waals surface area contributed by atoms with Gasteiger partial charge in [0.25, 0.3) is 0 Å². The molecule has 0 spiro atoms. The molecule has 1 N–H and O–H groups in total. The van der Waals surface area contributed by atoms with E-state index >= 15 is 0 Å². The van der Waals surface area contributed by atoms with Crippen molar-refractivity contribution in [1.82, 2.24) is 0 Å². The highest BCUT2D eigenvalue weighted by Gasteiger charge is 2.10. The summed E-state index contributed by atoms with van der Waals surface area (Å²) in [6, 6.07) is 7.62. The maximum Gasteiger partial charge on any atom is 0.336 e. The first-order valence-corrected chi connectivity index (χ1v) is 7.92. The van der Waals surface area contributed by atoms with E-state index in [4.69, 9.17) is 0 Å². The van der Waals surface area contributed by atoms with Crippen LogP contribution in [0.15, 0.2) is 46.9 Å². The van der Waals surface area contributed by atoms with E-state index in [1.807, 2.05) is 37.4 Å². The molecule has 0 fully saturated rings. The molecule has 0 aliphatic heterocycles. The van der Waals surface area contributed by atoms with Crippen LogP contribution in [0.3, 0.4) is 0 Å². The normalized spacial score (nSPS) is 12.8. The van der Waals surface area contributed by atoms with Gasteiger partial charge in [-0.15, -0.1) is 11.8 Å². The second-order valence-electron chi connectivity index (χ2n) is 5.17. The number of thioether (sulfide) groups is 1. The van der Waals surface area contributed by atoms with Crippen molar-refractivity contribution in [2.24, 2.45) is 5.92 Å². The summed E-state index contributed by atoms with van der Waals surface area (Å²) in [6.45, 7) is 6.24. The Hall–Kier alpha value is -1.48. The number of carboxylic acid groups (broad SMARTS) is 1. The average Bonchev–Trinajstić information content (AvgIpc) is 2.42. The molecule has 0 saturated heterocycles. The van der Waals surface area contributed by atoms with Gasteiger partial charge >= 0.3 is 5.97 Å². The Bertz CT molecular complexity index is 510. The van der Waals surface area contributed by atoms with Crippen molar-refractivity contribution < 1.29 is 9.90 Å². The minimum absolute atomic E-state index is 0.343. The SMILES string of the molecule is CSc1ccc(/C(=C\C(C)=C\CC(C)C)C(=O)O)cc1. The average molecular weight is 290 g/mol. The predicted molar refractivity (Wildman–Crippen MR) is 87.0 cm³/mol. The minimum Gasteiger partial charge on any atom is -0.478 e. The van der Waals surface area contributed by atoms with Gasteiger partial charge in [-0.2, -0.15) is 0 Å². The van der Waals surface area contributed by atoms with Crippen LogP contribution in [0.4, 0.5) is 0 Å². The quantitative estimate of drug-likeness (QED) is 0.461. The molecule has 0 radical (unpaired) electrons. The van der Waals surface area contributed by atoms with Gasteiger partial charge in [0, 0.05) is 4.90 Å². The molecular formula is C17H22O2S. The first kappa shape index (κ1) is 16.6. The Morgan fingerprint density at radius 2 is 1.90 bits per heavy atom. The molecule has 0 aliphatic carbocycles. The van der Waals surface area contributed by atoms with Crippen LogP contribution in [0.5, 0.6) is 0 Å². The topological polar surface area (TPSA) is 37.3 Å². The molecule has 1 aromatic carbocycles. The predicted octanol–water partition coefficient (Wildman–Crippen LogP) is 4.87. The van der Waals surface area contributed by atoms with Gasteiger partial charge in [0.1, 0.15) is 0 Å².